The number of ether oxygens (including phenoxy) is 2. The number of hydrazine groups is 1. The van der Waals surface area contributed by atoms with E-state index < -0.39 is 17.8 Å². The number of carbonyl (C=O) groups excluding carboxylic acids is 3. The van der Waals surface area contributed by atoms with Crippen molar-refractivity contribution >= 4 is 67.0 Å². The summed E-state index contributed by atoms with van der Waals surface area (Å²) < 4.78 is 11.7. The summed E-state index contributed by atoms with van der Waals surface area (Å²) in [6.45, 7) is 3.42. The molecule has 0 aliphatic carbocycles. The van der Waals surface area contributed by atoms with E-state index >= 15 is 0 Å². The Bertz CT molecular complexity index is 747. The Hall–Kier alpha value is -1.98. The van der Waals surface area contributed by atoms with Crippen LogP contribution in [-0.4, -0.2) is 36.1 Å². The van der Waals surface area contributed by atoms with Gasteiger partial charge in [-0.1, -0.05) is 15.9 Å². The lowest BCUT2D eigenvalue weighted by atomic mass is 10.2. The van der Waals surface area contributed by atoms with E-state index in [0.29, 0.717) is 10.2 Å². The van der Waals surface area contributed by atoms with Crippen molar-refractivity contribution in [2.75, 3.05) is 13.2 Å². The fourth-order valence-electron chi connectivity index (χ4n) is 1.69. The van der Waals surface area contributed by atoms with E-state index in [9.17, 15) is 14.4 Å². The summed E-state index contributed by atoms with van der Waals surface area (Å²) in [5.41, 5.74) is 5.48. The number of thiocarbonyl (C=S) groups is 1. The number of esters is 1. The minimum Gasteiger partial charge on any atom is -0.482 e. The molecule has 0 radical (unpaired) electrons. The van der Waals surface area contributed by atoms with E-state index in [4.69, 9.17) is 17.0 Å². The summed E-state index contributed by atoms with van der Waals surface area (Å²) in [6.07, 6.45) is 1.93. The molecule has 0 bridgehead atoms. The Labute approximate surface area is 178 Å². The van der Waals surface area contributed by atoms with Gasteiger partial charge in [-0.05, 0) is 59.7 Å². The number of amides is 2. The Morgan fingerprint density at radius 1 is 1.19 bits per heavy atom. The standard InChI is InChI=1S/C16H17Br2N3O5S/c1-3-25-14(24)5-4-12(22)19-16(27)21-20-13(23)8-26-15-9(2)6-10(17)7-11(15)18/h4-7H,3,8H2,1-2H3,(H,20,23)(H2,19,21,22,27)/b5-4+. The van der Waals surface area contributed by atoms with Crippen molar-refractivity contribution in [3.05, 3.63) is 38.8 Å². The van der Waals surface area contributed by atoms with E-state index in [1.807, 2.05) is 13.0 Å². The molecule has 0 aliphatic rings. The van der Waals surface area contributed by atoms with Crippen molar-refractivity contribution in [1.29, 1.82) is 0 Å². The molecule has 146 valence electrons. The van der Waals surface area contributed by atoms with Crippen molar-refractivity contribution in [3.63, 3.8) is 0 Å². The van der Waals surface area contributed by atoms with Gasteiger partial charge < -0.3 is 9.47 Å². The third-order valence-corrected chi connectivity index (χ3v) is 4.00. The molecule has 0 heterocycles. The number of carbonyl (C=O) groups is 3. The molecule has 1 aromatic rings. The molecule has 0 spiro atoms. The highest BCUT2D eigenvalue weighted by Gasteiger charge is 2.10. The maximum atomic E-state index is 11.8. The summed E-state index contributed by atoms with van der Waals surface area (Å²) in [7, 11) is 0. The second kappa shape index (κ2) is 11.7. The highest BCUT2D eigenvalue weighted by atomic mass is 79.9. The normalized spacial score (nSPS) is 10.2. The average molecular weight is 523 g/mol. The van der Waals surface area contributed by atoms with E-state index in [1.54, 1.807) is 13.0 Å². The summed E-state index contributed by atoms with van der Waals surface area (Å²) in [5, 5.41) is 2.10. The average Bonchev–Trinajstić information content (AvgIpc) is 2.57. The number of hydrogen-bond donors (Lipinski definition) is 3. The SMILES string of the molecule is CCOC(=O)/C=C/C(=O)NC(=S)NNC(=O)COc1c(C)cc(Br)cc1Br. The molecule has 1 rings (SSSR count). The highest BCUT2D eigenvalue weighted by Crippen LogP contribution is 2.32. The van der Waals surface area contributed by atoms with Gasteiger partial charge in [-0.25, -0.2) is 4.79 Å². The fraction of sp³-hybridized carbons (Fsp3) is 0.250. The molecule has 8 nitrogen and oxygen atoms in total. The van der Waals surface area contributed by atoms with E-state index in [-0.39, 0.29) is 18.3 Å². The summed E-state index contributed by atoms with van der Waals surface area (Å²) >= 11 is 11.6. The summed E-state index contributed by atoms with van der Waals surface area (Å²) in [5.74, 6) is -1.27. The zero-order valence-corrected chi connectivity index (χ0v) is 18.4. The molecule has 0 aromatic heterocycles. The fourth-order valence-corrected chi connectivity index (χ4v) is 3.40. The van der Waals surface area contributed by atoms with Gasteiger partial charge in [0.15, 0.2) is 11.7 Å². The zero-order valence-electron chi connectivity index (χ0n) is 14.4. The van der Waals surface area contributed by atoms with E-state index in [0.717, 1.165) is 22.2 Å². The molecule has 0 saturated carbocycles. The third-order valence-electron chi connectivity index (χ3n) is 2.75. The van der Waals surface area contributed by atoms with Gasteiger partial charge >= 0.3 is 5.97 Å². The Morgan fingerprint density at radius 3 is 2.52 bits per heavy atom. The van der Waals surface area contributed by atoms with Crippen LogP contribution in [0.25, 0.3) is 0 Å². The molecular weight excluding hydrogens is 506 g/mol. The number of rotatable bonds is 6. The largest absolute Gasteiger partial charge is 0.482 e. The first kappa shape index (κ1) is 23.1. The molecule has 0 unspecified atom stereocenters. The smallest absolute Gasteiger partial charge is 0.330 e. The van der Waals surface area contributed by atoms with Gasteiger partial charge in [0.2, 0.25) is 5.91 Å². The summed E-state index contributed by atoms with van der Waals surface area (Å²) in [4.78, 5) is 34.4. The van der Waals surface area contributed by atoms with Gasteiger partial charge in [0.1, 0.15) is 5.75 Å². The van der Waals surface area contributed by atoms with Crippen LogP contribution < -0.4 is 20.9 Å². The second-order valence-electron chi connectivity index (χ2n) is 4.90. The quantitative estimate of drug-likeness (QED) is 0.227. The molecule has 0 saturated heterocycles. The van der Waals surface area contributed by atoms with Crippen molar-refractivity contribution in [1.82, 2.24) is 16.2 Å². The van der Waals surface area contributed by atoms with Crippen LogP contribution in [-0.2, 0) is 19.1 Å². The van der Waals surface area contributed by atoms with Gasteiger partial charge in [-0.3, -0.25) is 25.8 Å². The van der Waals surface area contributed by atoms with Crippen LogP contribution in [0.2, 0.25) is 0 Å². The monoisotopic (exact) mass is 521 g/mol. The first-order valence-corrected chi connectivity index (χ1v) is 9.55. The lowest BCUT2D eigenvalue weighted by Gasteiger charge is -2.13. The molecule has 0 fully saturated rings. The van der Waals surface area contributed by atoms with Gasteiger partial charge in [0.05, 0.1) is 11.1 Å². The molecule has 0 atom stereocenters. The van der Waals surface area contributed by atoms with Crippen molar-refractivity contribution in [2.24, 2.45) is 0 Å². The number of nitrogens with one attached hydrogen (secondary N) is 3. The Morgan fingerprint density at radius 2 is 1.89 bits per heavy atom. The molecule has 2 amide bonds. The molecule has 1 aromatic carbocycles. The van der Waals surface area contributed by atoms with Crippen LogP contribution >= 0.6 is 44.1 Å². The maximum Gasteiger partial charge on any atom is 0.330 e. The lowest BCUT2D eigenvalue weighted by Crippen LogP contribution is -2.49. The molecular formula is C16H17Br2N3O5S. The van der Waals surface area contributed by atoms with E-state index in [1.165, 1.54) is 0 Å². The van der Waals surface area contributed by atoms with Gasteiger partial charge in [0.25, 0.3) is 5.91 Å². The second-order valence-corrected chi connectivity index (χ2v) is 7.08. The van der Waals surface area contributed by atoms with Crippen molar-refractivity contribution in [3.8, 4) is 5.75 Å². The topological polar surface area (TPSA) is 106 Å². The van der Waals surface area contributed by atoms with Crippen LogP contribution in [0.15, 0.2) is 33.2 Å². The zero-order chi connectivity index (χ0) is 20.4. The van der Waals surface area contributed by atoms with Crippen LogP contribution in [0.4, 0.5) is 0 Å². The Balaban J connectivity index is 2.39. The molecule has 3 N–H and O–H groups in total. The first-order chi connectivity index (χ1) is 12.7. The third kappa shape index (κ3) is 8.98. The summed E-state index contributed by atoms with van der Waals surface area (Å²) in [6, 6.07) is 3.65. The van der Waals surface area contributed by atoms with Crippen LogP contribution in [0, 0.1) is 6.92 Å². The van der Waals surface area contributed by atoms with E-state index in [2.05, 4.69) is 52.8 Å². The van der Waals surface area contributed by atoms with Crippen molar-refractivity contribution < 1.29 is 23.9 Å². The number of halogens is 2. The predicted octanol–water partition coefficient (Wildman–Crippen LogP) is 2.04. The van der Waals surface area contributed by atoms with Crippen molar-refractivity contribution in [2.45, 2.75) is 13.8 Å². The molecule has 0 aliphatic heterocycles. The first-order valence-electron chi connectivity index (χ1n) is 7.56. The van der Waals surface area contributed by atoms with Crippen LogP contribution in [0.1, 0.15) is 12.5 Å². The molecule has 27 heavy (non-hydrogen) atoms. The van der Waals surface area contributed by atoms with Gasteiger partial charge in [0, 0.05) is 16.6 Å². The highest BCUT2D eigenvalue weighted by molar-refractivity contribution is 9.11. The lowest BCUT2D eigenvalue weighted by molar-refractivity contribution is -0.137. The number of hydrogen-bond acceptors (Lipinski definition) is 6. The van der Waals surface area contributed by atoms with Crippen LogP contribution in [0.5, 0.6) is 5.75 Å². The number of benzene rings is 1. The molecule has 11 heteroatoms. The maximum absolute atomic E-state index is 11.8. The minimum absolute atomic E-state index is 0.150. The van der Waals surface area contributed by atoms with Gasteiger partial charge in [-0.2, -0.15) is 0 Å². The number of aryl methyl sites for hydroxylation is 1. The van der Waals surface area contributed by atoms with Gasteiger partial charge in [-0.15, -0.1) is 0 Å². The van der Waals surface area contributed by atoms with Crippen LogP contribution in [0.3, 0.4) is 0 Å². The Kier molecular flexibility index (Phi) is 9.97. The predicted molar refractivity (Wildman–Crippen MR) is 110 cm³/mol. The minimum atomic E-state index is -0.652.